The molecule has 1 rings (SSSR count). The first-order valence-corrected chi connectivity index (χ1v) is 6.17. The molecule has 112 valence electrons. The van der Waals surface area contributed by atoms with Crippen molar-refractivity contribution in [3.63, 3.8) is 0 Å². The van der Waals surface area contributed by atoms with E-state index in [2.05, 4.69) is 20.7 Å². The van der Waals surface area contributed by atoms with Crippen molar-refractivity contribution in [2.75, 3.05) is 27.4 Å². The fourth-order valence-corrected chi connectivity index (χ4v) is 1.90. The summed E-state index contributed by atoms with van der Waals surface area (Å²) < 4.78 is 50.7. The number of halogens is 4. The summed E-state index contributed by atoms with van der Waals surface area (Å²) in [6.07, 6.45) is -4.47. The summed E-state index contributed by atoms with van der Waals surface area (Å²) in [4.78, 5) is 11.8. The Kier molecular flexibility index (Phi) is 5.82. The lowest BCUT2D eigenvalue weighted by molar-refractivity contribution is -0.170. The normalized spacial score (nSPS) is 11.3. The lowest BCUT2D eigenvalue weighted by atomic mass is 10.1. The summed E-state index contributed by atoms with van der Waals surface area (Å²) in [6, 6.07) is 2.87. The Morgan fingerprint density at radius 1 is 1.20 bits per heavy atom. The Bertz CT molecular complexity index is 488. The van der Waals surface area contributed by atoms with Crippen LogP contribution in [-0.2, 0) is 4.74 Å². The molecule has 0 amide bonds. The third kappa shape index (κ3) is 4.68. The predicted molar refractivity (Wildman–Crippen MR) is 68.5 cm³/mol. The number of carbonyl (C=O) groups excluding carboxylic acids is 1. The van der Waals surface area contributed by atoms with E-state index in [1.165, 1.54) is 26.4 Å². The number of carbonyl (C=O) groups is 1. The summed E-state index contributed by atoms with van der Waals surface area (Å²) >= 11 is 3.21. The van der Waals surface area contributed by atoms with E-state index in [1.807, 2.05) is 0 Å². The van der Waals surface area contributed by atoms with Gasteiger partial charge in [0.05, 0.1) is 24.3 Å². The zero-order valence-electron chi connectivity index (χ0n) is 10.7. The summed E-state index contributed by atoms with van der Waals surface area (Å²) in [5, 5.41) is 0. The molecule has 0 saturated heterocycles. The lowest BCUT2D eigenvalue weighted by Crippen LogP contribution is -2.20. The van der Waals surface area contributed by atoms with Crippen LogP contribution in [0.25, 0.3) is 0 Å². The third-order valence-electron chi connectivity index (χ3n) is 2.27. The first-order valence-electron chi connectivity index (χ1n) is 5.37. The van der Waals surface area contributed by atoms with Gasteiger partial charge in [-0.05, 0) is 28.1 Å². The minimum atomic E-state index is -4.47. The molecule has 0 atom stereocenters. The number of rotatable bonds is 6. The van der Waals surface area contributed by atoms with Crippen molar-refractivity contribution in [1.82, 2.24) is 0 Å². The zero-order chi connectivity index (χ0) is 15.3. The fraction of sp³-hybridized carbons (Fsp3) is 0.417. The Labute approximate surface area is 121 Å². The van der Waals surface area contributed by atoms with Gasteiger partial charge in [0.1, 0.15) is 24.7 Å². The van der Waals surface area contributed by atoms with E-state index in [0.29, 0.717) is 10.2 Å². The summed E-state index contributed by atoms with van der Waals surface area (Å²) in [5.74, 6) is -0.0415. The maximum atomic E-state index is 11.9. The zero-order valence-corrected chi connectivity index (χ0v) is 12.3. The predicted octanol–water partition coefficient (Wildman–Crippen LogP) is 3.23. The average Bonchev–Trinajstić information content (AvgIpc) is 2.36. The molecule has 0 fully saturated rings. The molecule has 0 spiro atoms. The summed E-state index contributed by atoms with van der Waals surface area (Å²) in [6.45, 7) is -2.17. The minimum absolute atomic E-state index is 0.0923. The van der Waals surface area contributed by atoms with Gasteiger partial charge in [-0.3, -0.25) is 4.79 Å². The average molecular weight is 357 g/mol. The smallest absolute Gasteiger partial charge is 0.411 e. The highest BCUT2D eigenvalue weighted by molar-refractivity contribution is 9.10. The van der Waals surface area contributed by atoms with Crippen molar-refractivity contribution in [3.8, 4) is 11.5 Å². The highest BCUT2D eigenvalue weighted by Gasteiger charge is 2.28. The van der Waals surface area contributed by atoms with Crippen LogP contribution in [0.2, 0.25) is 0 Å². The van der Waals surface area contributed by atoms with E-state index in [1.54, 1.807) is 0 Å². The topological polar surface area (TPSA) is 44.8 Å². The van der Waals surface area contributed by atoms with Crippen LogP contribution in [0.15, 0.2) is 16.6 Å². The second kappa shape index (κ2) is 6.94. The first-order chi connectivity index (χ1) is 9.28. The first kappa shape index (κ1) is 16.8. The van der Waals surface area contributed by atoms with Crippen molar-refractivity contribution in [3.05, 3.63) is 22.2 Å². The molecule has 0 saturated carbocycles. The molecule has 4 nitrogen and oxygen atoms in total. The number of hydrogen-bond acceptors (Lipinski definition) is 4. The fourth-order valence-electron chi connectivity index (χ4n) is 1.42. The molecule has 0 aliphatic carbocycles. The Balaban J connectivity index is 2.86. The molecule has 0 aliphatic rings. The van der Waals surface area contributed by atoms with Crippen LogP contribution in [0, 0.1) is 0 Å². The van der Waals surface area contributed by atoms with E-state index in [9.17, 15) is 18.0 Å². The largest absolute Gasteiger partial charge is 0.496 e. The van der Waals surface area contributed by atoms with Crippen molar-refractivity contribution >= 4 is 21.7 Å². The van der Waals surface area contributed by atoms with Crippen LogP contribution in [0.1, 0.15) is 10.4 Å². The molecule has 0 heterocycles. The van der Waals surface area contributed by atoms with Crippen molar-refractivity contribution < 1.29 is 32.2 Å². The molecule has 1 aromatic rings. The van der Waals surface area contributed by atoms with E-state index in [-0.39, 0.29) is 11.3 Å². The van der Waals surface area contributed by atoms with Crippen LogP contribution >= 0.6 is 15.9 Å². The number of methoxy groups -OCH3 is 2. The molecule has 0 radical (unpaired) electrons. The lowest BCUT2D eigenvalue weighted by Gasteiger charge is -2.12. The molecular weight excluding hydrogens is 345 g/mol. The number of alkyl halides is 3. The van der Waals surface area contributed by atoms with Gasteiger partial charge in [0, 0.05) is 0 Å². The molecule has 0 aliphatic heterocycles. The van der Waals surface area contributed by atoms with Gasteiger partial charge >= 0.3 is 6.18 Å². The number of benzene rings is 1. The van der Waals surface area contributed by atoms with Crippen LogP contribution in [-0.4, -0.2) is 39.4 Å². The number of ether oxygens (including phenoxy) is 3. The molecule has 20 heavy (non-hydrogen) atoms. The highest BCUT2D eigenvalue weighted by atomic mass is 79.9. The van der Waals surface area contributed by atoms with Gasteiger partial charge in [0.15, 0.2) is 5.78 Å². The van der Waals surface area contributed by atoms with Crippen LogP contribution in [0.5, 0.6) is 11.5 Å². The van der Waals surface area contributed by atoms with Gasteiger partial charge < -0.3 is 14.2 Å². The van der Waals surface area contributed by atoms with Gasteiger partial charge in [-0.1, -0.05) is 0 Å². The maximum absolute atomic E-state index is 11.9. The molecule has 0 bridgehead atoms. The molecule has 0 N–H and O–H groups in total. The van der Waals surface area contributed by atoms with Crippen molar-refractivity contribution in [1.29, 1.82) is 0 Å². The number of hydrogen-bond donors (Lipinski definition) is 0. The van der Waals surface area contributed by atoms with Crippen LogP contribution < -0.4 is 9.47 Å². The highest BCUT2D eigenvalue weighted by Crippen LogP contribution is 2.33. The SMILES string of the molecule is COc1cc(C(=O)COCC(F)(F)F)c(OC)cc1Br. The number of ketones is 1. The Morgan fingerprint density at radius 2 is 1.80 bits per heavy atom. The van der Waals surface area contributed by atoms with Gasteiger partial charge in [-0.15, -0.1) is 0 Å². The molecule has 1 aromatic carbocycles. The van der Waals surface area contributed by atoms with E-state index in [4.69, 9.17) is 9.47 Å². The van der Waals surface area contributed by atoms with E-state index >= 15 is 0 Å². The summed E-state index contributed by atoms with van der Waals surface area (Å²) in [5.41, 5.74) is 0.0923. The van der Waals surface area contributed by atoms with Crippen LogP contribution in [0.3, 0.4) is 0 Å². The maximum Gasteiger partial charge on any atom is 0.411 e. The molecule has 0 unspecified atom stereocenters. The second-order valence-electron chi connectivity index (χ2n) is 3.72. The van der Waals surface area contributed by atoms with Gasteiger partial charge in [0.25, 0.3) is 0 Å². The molecule has 8 heteroatoms. The minimum Gasteiger partial charge on any atom is -0.496 e. The molecule has 0 aromatic heterocycles. The monoisotopic (exact) mass is 356 g/mol. The third-order valence-corrected chi connectivity index (χ3v) is 2.89. The number of Topliss-reactive ketones (excluding diaryl/α,β-unsaturated/α-hetero) is 1. The van der Waals surface area contributed by atoms with Crippen molar-refractivity contribution in [2.24, 2.45) is 0 Å². The second-order valence-corrected chi connectivity index (χ2v) is 4.57. The Hall–Kier alpha value is -1.28. The van der Waals surface area contributed by atoms with Crippen molar-refractivity contribution in [2.45, 2.75) is 6.18 Å². The van der Waals surface area contributed by atoms with Gasteiger partial charge in [-0.2, -0.15) is 13.2 Å². The van der Waals surface area contributed by atoms with Gasteiger partial charge in [0.2, 0.25) is 0 Å². The quantitative estimate of drug-likeness (QED) is 0.734. The molecular formula is C12H12BrF3O4. The summed E-state index contributed by atoms with van der Waals surface area (Å²) in [7, 11) is 2.75. The van der Waals surface area contributed by atoms with Crippen LogP contribution in [0.4, 0.5) is 13.2 Å². The van der Waals surface area contributed by atoms with E-state index in [0.717, 1.165) is 0 Å². The van der Waals surface area contributed by atoms with E-state index < -0.39 is 25.2 Å². The van der Waals surface area contributed by atoms with Gasteiger partial charge in [-0.25, -0.2) is 0 Å². The Morgan fingerprint density at radius 3 is 2.30 bits per heavy atom. The standard InChI is InChI=1S/C12H12BrF3O4/c1-18-10-4-8(13)11(19-2)3-7(10)9(17)5-20-6-12(14,15)16/h3-4H,5-6H2,1-2H3.